The Kier molecular flexibility index (Phi) is 3.75. The Bertz CT molecular complexity index is 439. The molecule has 98 valence electrons. The lowest BCUT2D eigenvalue weighted by Crippen LogP contribution is -2.58. The van der Waals surface area contributed by atoms with Gasteiger partial charge in [0, 0.05) is 5.38 Å². The first-order valence-electron chi connectivity index (χ1n) is 5.75. The Balaban J connectivity index is 2.18. The molecule has 1 amide bonds. The number of nitrogens with zero attached hydrogens (tertiary/aromatic N) is 3. The number of carbonyl (C=O) groups is 1. The molecule has 2 rings (SSSR count). The predicted octanol–water partition coefficient (Wildman–Crippen LogP) is 0.717. The van der Waals surface area contributed by atoms with Crippen molar-refractivity contribution >= 4 is 23.3 Å². The van der Waals surface area contributed by atoms with Crippen LogP contribution in [0, 0.1) is 0 Å². The third-order valence-corrected chi connectivity index (χ3v) is 3.76. The quantitative estimate of drug-likeness (QED) is 0.324. The van der Waals surface area contributed by atoms with Crippen molar-refractivity contribution < 1.29 is 10.0 Å². The van der Waals surface area contributed by atoms with Gasteiger partial charge in [0.25, 0.3) is 5.91 Å². The molecular weight excluding hydrogens is 254 g/mol. The number of hydrogen-bond donors (Lipinski definition) is 3. The van der Waals surface area contributed by atoms with E-state index in [1.807, 2.05) is 0 Å². The van der Waals surface area contributed by atoms with Crippen molar-refractivity contribution in [1.82, 2.24) is 14.9 Å². The number of amidine groups is 1. The second-order valence-corrected chi connectivity index (χ2v) is 4.98. The zero-order valence-corrected chi connectivity index (χ0v) is 10.6. The van der Waals surface area contributed by atoms with Crippen LogP contribution >= 0.6 is 11.5 Å². The van der Waals surface area contributed by atoms with Crippen molar-refractivity contribution in [1.29, 1.82) is 0 Å². The Hall–Kier alpha value is -1.70. The van der Waals surface area contributed by atoms with E-state index in [0.29, 0.717) is 12.8 Å². The summed E-state index contributed by atoms with van der Waals surface area (Å²) < 4.78 is 3.64. The molecule has 18 heavy (non-hydrogen) atoms. The van der Waals surface area contributed by atoms with Crippen LogP contribution in [0.4, 0.5) is 0 Å². The summed E-state index contributed by atoms with van der Waals surface area (Å²) in [7, 11) is 0. The number of aromatic nitrogens is 2. The first-order chi connectivity index (χ1) is 8.68. The molecule has 0 radical (unpaired) electrons. The number of carbonyl (C=O) groups excluding carboxylic acids is 1. The second kappa shape index (κ2) is 5.30. The molecule has 4 N–H and O–H groups in total. The van der Waals surface area contributed by atoms with Gasteiger partial charge in [0.1, 0.15) is 5.54 Å². The lowest BCUT2D eigenvalue weighted by Gasteiger charge is -2.36. The molecule has 0 unspecified atom stereocenters. The lowest BCUT2D eigenvalue weighted by atomic mass is 9.80. The maximum atomic E-state index is 12.0. The van der Waals surface area contributed by atoms with E-state index in [1.165, 1.54) is 0 Å². The molecule has 0 atom stereocenters. The summed E-state index contributed by atoms with van der Waals surface area (Å²) >= 11 is 1.11. The molecule has 1 saturated carbocycles. The van der Waals surface area contributed by atoms with Gasteiger partial charge in [-0.2, -0.15) is 0 Å². The lowest BCUT2D eigenvalue weighted by molar-refractivity contribution is 0.0900. The molecule has 1 aromatic heterocycles. The Morgan fingerprint density at radius 3 is 2.78 bits per heavy atom. The van der Waals surface area contributed by atoms with Crippen LogP contribution in [0.5, 0.6) is 0 Å². The number of nitrogens with two attached hydrogens (primary N) is 1. The zero-order valence-electron chi connectivity index (χ0n) is 9.80. The van der Waals surface area contributed by atoms with E-state index < -0.39 is 5.54 Å². The summed E-state index contributed by atoms with van der Waals surface area (Å²) in [5.41, 5.74) is 5.24. The van der Waals surface area contributed by atoms with Gasteiger partial charge in [0.15, 0.2) is 11.5 Å². The Morgan fingerprint density at radius 1 is 1.50 bits per heavy atom. The van der Waals surface area contributed by atoms with Crippen LogP contribution in [0.15, 0.2) is 10.5 Å². The first kappa shape index (κ1) is 12.7. The molecule has 0 aliphatic heterocycles. The number of oxime groups is 1. The molecule has 0 spiro atoms. The summed E-state index contributed by atoms with van der Waals surface area (Å²) in [6.45, 7) is 0. The summed E-state index contributed by atoms with van der Waals surface area (Å²) in [6.07, 6.45) is 4.31. The minimum Gasteiger partial charge on any atom is -0.409 e. The monoisotopic (exact) mass is 269 g/mol. The van der Waals surface area contributed by atoms with Crippen molar-refractivity contribution in [2.45, 2.75) is 37.6 Å². The topological polar surface area (TPSA) is 113 Å². The number of nitrogens with one attached hydrogen (secondary N) is 1. The normalized spacial score (nSPS) is 19.4. The van der Waals surface area contributed by atoms with E-state index >= 15 is 0 Å². The fourth-order valence-electron chi connectivity index (χ4n) is 2.24. The first-order valence-corrected chi connectivity index (χ1v) is 6.59. The third kappa shape index (κ3) is 2.42. The summed E-state index contributed by atoms with van der Waals surface area (Å²) in [6, 6.07) is 0. The highest BCUT2D eigenvalue weighted by molar-refractivity contribution is 7.03. The van der Waals surface area contributed by atoms with Crippen LogP contribution in [0.25, 0.3) is 0 Å². The molecule has 0 aromatic carbocycles. The molecule has 1 aliphatic rings. The van der Waals surface area contributed by atoms with Gasteiger partial charge in [0.05, 0.1) is 0 Å². The van der Waals surface area contributed by atoms with E-state index in [4.69, 9.17) is 10.9 Å². The fraction of sp³-hybridized carbons (Fsp3) is 0.600. The van der Waals surface area contributed by atoms with Gasteiger partial charge in [0.2, 0.25) is 0 Å². The average molecular weight is 269 g/mol. The maximum Gasteiger partial charge on any atom is 0.273 e. The standard InChI is InChI=1S/C10H15N5O2S/c11-9(14-17)10(4-2-1-3-5-10)12-8(16)7-6-18-15-13-7/h6,17H,1-5H2,(H2,11,14)(H,12,16). The van der Waals surface area contributed by atoms with Gasteiger partial charge >= 0.3 is 0 Å². The van der Waals surface area contributed by atoms with Crippen LogP contribution in [0.2, 0.25) is 0 Å². The van der Waals surface area contributed by atoms with E-state index in [0.717, 1.165) is 30.8 Å². The molecule has 1 aromatic rings. The third-order valence-electron chi connectivity index (χ3n) is 3.25. The van der Waals surface area contributed by atoms with Gasteiger partial charge in [-0.1, -0.05) is 28.9 Å². The summed E-state index contributed by atoms with van der Waals surface area (Å²) in [5.74, 6) is -0.281. The smallest absolute Gasteiger partial charge is 0.273 e. The minimum absolute atomic E-state index is 0.0544. The van der Waals surface area contributed by atoms with Crippen molar-refractivity contribution in [3.63, 3.8) is 0 Å². The molecule has 8 heteroatoms. The molecule has 1 heterocycles. The fourth-order valence-corrected chi connectivity index (χ4v) is 2.68. The van der Waals surface area contributed by atoms with Gasteiger partial charge < -0.3 is 16.3 Å². The minimum atomic E-state index is -0.756. The van der Waals surface area contributed by atoms with Gasteiger partial charge in [-0.3, -0.25) is 4.79 Å². The molecule has 7 nitrogen and oxygen atoms in total. The highest BCUT2D eigenvalue weighted by Gasteiger charge is 2.38. The Labute approximate surface area is 108 Å². The van der Waals surface area contributed by atoms with Crippen molar-refractivity contribution in [3.8, 4) is 0 Å². The Morgan fingerprint density at radius 2 is 2.22 bits per heavy atom. The van der Waals surface area contributed by atoms with E-state index in [9.17, 15) is 4.79 Å². The molecule has 0 bridgehead atoms. The van der Waals surface area contributed by atoms with Crippen LogP contribution in [-0.4, -0.2) is 32.1 Å². The van der Waals surface area contributed by atoms with E-state index in [-0.39, 0.29) is 17.4 Å². The summed E-state index contributed by atoms with van der Waals surface area (Å²) in [4.78, 5) is 12.0. The largest absolute Gasteiger partial charge is 0.409 e. The van der Waals surface area contributed by atoms with Crippen LogP contribution in [0.1, 0.15) is 42.6 Å². The molecule has 1 fully saturated rings. The van der Waals surface area contributed by atoms with E-state index in [1.54, 1.807) is 5.38 Å². The molecule has 0 saturated heterocycles. The average Bonchev–Trinajstić information content (AvgIpc) is 2.93. The van der Waals surface area contributed by atoms with Crippen molar-refractivity contribution in [3.05, 3.63) is 11.1 Å². The molecular formula is C10H15N5O2S. The number of amides is 1. The van der Waals surface area contributed by atoms with Crippen LogP contribution in [0.3, 0.4) is 0 Å². The van der Waals surface area contributed by atoms with Crippen LogP contribution in [-0.2, 0) is 0 Å². The SMILES string of the molecule is NC(=NO)C1(NC(=O)c2csnn2)CCCCC1. The maximum absolute atomic E-state index is 12.0. The van der Waals surface area contributed by atoms with E-state index in [2.05, 4.69) is 20.1 Å². The number of rotatable bonds is 3. The second-order valence-electron chi connectivity index (χ2n) is 4.37. The highest BCUT2D eigenvalue weighted by Crippen LogP contribution is 2.28. The summed E-state index contributed by atoms with van der Waals surface area (Å²) in [5, 5.41) is 20.1. The van der Waals surface area contributed by atoms with Gasteiger partial charge in [-0.05, 0) is 24.4 Å². The number of hydrogen-bond acceptors (Lipinski definition) is 6. The highest BCUT2D eigenvalue weighted by atomic mass is 32.1. The van der Waals surface area contributed by atoms with Crippen molar-refractivity contribution in [2.24, 2.45) is 10.9 Å². The zero-order chi connectivity index (χ0) is 13.0. The van der Waals surface area contributed by atoms with Gasteiger partial charge in [-0.25, -0.2) is 0 Å². The predicted molar refractivity (Wildman–Crippen MR) is 66.6 cm³/mol. The van der Waals surface area contributed by atoms with Crippen molar-refractivity contribution in [2.75, 3.05) is 0 Å². The van der Waals surface area contributed by atoms with Crippen LogP contribution < -0.4 is 11.1 Å². The van der Waals surface area contributed by atoms with Gasteiger partial charge in [-0.15, -0.1) is 5.10 Å². The molecule has 1 aliphatic carbocycles.